The number of hydrogen-bond donors (Lipinski definition) is 2. The van der Waals surface area contributed by atoms with Gasteiger partial charge < -0.3 is 15.4 Å². The minimum atomic E-state index is -0.298. The Morgan fingerprint density at radius 1 is 1.39 bits per heavy atom. The minimum Gasteiger partial charge on any atom is -0.465 e. The van der Waals surface area contributed by atoms with Crippen LogP contribution in [0.25, 0.3) is 0 Å². The number of nitrogens with one attached hydrogen (secondary N) is 2. The van der Waals surface area contributed by atoms with Gasteiger partial charge in [0, 0.05) is 19.0 Å². The molecule has 0 atom stereocenters. The maximum Gasteiger partial charge on any atom is 0.325 e. The molecule has 1 aromatic heterocycles. The quantitative estimate of drug-likeness (QED) is 0.749. The number of nitrogens with zero attached hydrogens (tertiary/aromatic N) is 2. The van der Waals surface area contributed by atoms with Crippen LogP contribution in [-0.2, 0) is 9.53 Å². The van der Waals surface area contributed by atoms with Crippen LogP contribution in [0.3, 0.4) is 0 Å². The molecule has 0 fully saturated rings. The molecule has 6 heteroatoms. The average molecular weight is 252 g/mol. The summed E-state index contributed by atoms with van der Waals surface area (Å²) in [5.41, 5.74) is 0. The van der Waals surface area contributed by atoms with E-state index >= 15 is 0 Å². The van der Waals surface area contributed by atoms with Gasteiger partial charge in [0.1, 0.15) is 24.0 Å². The number of anilines is 2. The van der Waals surface area contributed by atoms with E-state index in [2.05, 4.69) is 20.6 Å². The van der Waals surface area contributed by atoms with Gasteiger partial charge in [-0.3, -0.25) is 4.79 Å². The standard InChI is InChI=1S/C12H20N4O2/c1-5-18-11(17)7-14-10-6-9(13-4)15-12(16-10)8(2)3/h6,8H,5,7H2,1-4H3,(H2,13,14,15,16). The molecule has 0 bridgehead atoms. The number of rotatable bonds is 6. The van der Waals surface area contributed by atoms with Crippen LogP contribution in [0.2, 0.25) is 0 Å². The van der Waals surface area contributed by atoms with Crippen molar-refractivity contribution in [1.82, 2.24) is 9.97 Å². The molecule has 1 aromatic rings. The van der Waals surface area contributed by atoms with Crippen LogP contribution >= 0.6 is 0 Å². The van der Waals surface area contributed by atoms with Crippen molar-refractivity contribution < 1.29 is 9.53 Å². The van der Waals surface area contributed by atoms with Gasteiger partial charge in [0.05, 0.1) is 6.61 Å². The molecule has 0 spiro atoms. The molecule has 18 heavy (non-hydrogen) atoms. The Kier molecular flexibility index (Phi) is 5.35. The van der Waals surface area contributed by atoms with Crippen molar-refractivity contribution in [1.29, 1.82) is 0 Å². The fourth-order valence-corrected chi connectivity index (χ4v) is 1.32. The second kappa shape index (κ2) is 6.78. The van der Waals surface area contributed by atoms with Crippen molar-refractivity contribution in [2.24, 2.45) is 0 Å². The number of hydrogen-bond acceptors (Lipinski definition) is 6. The zero-order valence-electron chi connectivity index (χ0n) is 11.3. The second-order valence-electron chi connectivity index (χ2n) is 4.06. The zero-order valence-corrected chi connectivity index (χ0v) is 11.3. The van der Waals surface area contributed by atoms with Crippen LogP contribution in [0.4, 0.5) is 11.6 Å². The molecule has 100 valence electrons. The predicted molar refractivity (Wildman–Crippen MR) is 70.8 cm³/mol. The van der Waals surface area contributed by atoms with Gasteiger partial charge in [-0.05, 0) is 6.92 Å². The van der Waals surface area contributed by atoms with Gasteiger partial charge in [-0.15, -0.1) is 0 Å². The molecule has 0 amide bonds. The number of carbonyl (C=O) groups excluding carboxylic acids is 1. The number of esters is 1. The first-order valence-electron chi connectivity index (χ1n) is 6.03. The smallest absolute Gasteiger partial charge is 0.325 e. The Morgan fingerprint density at radius 2 is 2.06 bits per heavy atom. The average Bonchev–Trinajstić information content (AvgIpc) is 2.36. The highest BCUT2D eigenvalue weighted by molar-refractivity contribution is 5.74. The molecule has 1 rings (SSSR count). The van der Waals surface area contributed by atoms with Gasteiger partial charge in [0.25, 0.3) is 0 Å². The first-order valence-corrected chi connectivity index (χ1v) is 6.03. The normalized spacial score (nSPS) is 10.3. The summed E-state index contributed by atoms with van der Waals surface area (Å²) in [7, 11) is 1.79. The van der Waals surface area contributed by atoms with Crippen molar-refractivity contribution in [2.45, 2.75) is 26.7 Å². The Hall–Kier alpha value is -1.85. The van der Waals surface area contributed by atoms with Gasteiger partial charge in [-0.2, -0.15) is 0 Å². The molecule has 0 aliphatic carbocycles. The van der Waals surface area contributed by atoms with E-state index < -0.39 is 0 Å². The van der Waals surface area contributed by atoms with Crippen molar-refractivity contribution in [3.05, 3.63) is 11.9 Å². The molecule has 0 aliphatic heterocycles. The van der Waals surface area contributed by atoms with Crippen molar-refractivity contribution in [3.63, 3.8) is 0 Å². The lowest BCUT2D eigenvalue weighted by atomic mass is 10.2. The maximum absolute atomic E-state index is 11.2. The van der Waals surface area contributed by atoms with E-state index in [0.29, 0.717) is 12.4 Å². The van der Waals surface area contributed by atoms with Crippen molar-refractivity contribution >= 4 is 17.6 Å². The summed E-state index contributed by atoms with van der Waals surface area (Å²) in [5.74, 6) is 1.99. The highest BCUT2D eigenvalue weighted by atomic mass is 16.5. The third kappa shape index (κ3) is 4.20. The Bertz CT molecular complexity index is 407. The van der Waals surface area contributed by atoms with Crippen LogP contribution in [0.15, 0.2) is 6.07 Å². The van der Waals surface area contributed by atoms with E-state index in [9.17, 15) is 4.79 Å². The van der Waals surface area contributed by atoms with Crippen LogP contribution in [0.1, 0.15) is 32.5 Å². The maximum atomic E-state index is 11.2. The monoisotopic (exact) mass is 252 g/mol. The molecule has 1 heterocycles. The summed E-state index contributed by atoms with van der Waals surface area (Å²) in [5, 5.41) is 5.90. The molecule has 0 unspecified atom stereocenters. The number of carbonyl (C=O) groups is 1. The van der Waals surface area contributed by atoms with E-state index in [0.717, 1.165) is 11.6 Å². The summed E-state index contributed by atoms with van der Waals surface area (Å²) in [6.45, 7) is 6.29. The Balaban J connectivity index is 2.75. The molecule has 6 nitrogen and oxygen atoms in total. The van der Waals surface area contributed by atoms with E-state index in [1.165, 1.54) is 0 Å². The minimum absolute atomic E-state index is 0.103. The topological polar surface area (TPSA) is 76.1 Å². The molecule has 2 N–H and O–H groups in total. The first-order chi connectivity index (χ1) is 8.56. The van der Waals surface area contributed by atoms with E-state index in [-0.39, 0.29) is 18.4 Å². The highest BCUT2D eigenvalue weighted by Crippen LogP contribution is 2.16. The Morgan fingerprint density at radius 3 is 2.61 bits per heavy atom. The van der Waals surface area contributed by atoms with Crippen molar-refractivity contribution in [3.8, 4) is 0 Å². The molecular weight excluding hydrogens is 232 g/mol. The third-order valence-electron chi connectivity index (χ3n) is 2.24. The van der Waals surface area contributed by atoms with Crippen LogP contribution in [0, 0.1) is 0 Å². The molecule has 0 aliphatic rings. The number of aromatic nitrogens is 2. The van der Waals surface area contributed by atoms with Crippen molar-refractivity contribution in [2.75, 3.05) is 30.8 Å². The van der Waals surface area contributed by atoms with Crippen LogP contribution in [0.5, 0.6) is 0 Å². The van der Waals surface area contributed by atoms with Crippen LogP contribution < -0.4 is 10.6 Å². The van der Waals surface area contributed by atoms with E-state index in [4.69, 9.17) is 4.74 Å². The van der Waals surface area contributed by atoms with Gasteiger partial charge in [-0.25, -0.2) is 9.97 Å². The van der Waals surface area contributed by atoms with Crippen LogP contribution in [-0.4, -0.2) is 36.1 Å². The number of ether oxygens (including phenoxy) is 1. The summed E-state index contributed by atoms with van der Waals surface area (Å²) in [6, 6.07) is 1.76. The Labute approximate surface area is 107 Å². The van der Waals surface area contributed by atoms with Gasteiger partial charge in [0.2, 0.25) is 0 Å². The molecule has 0 saturated carbocycles. The first kappa shape index (κ1) is 14.2. The lowest BCUT2D eigenvalue weighted by Crippen LogP contribution is -2.18. The van der Waals surface area contributed by atoms with E-state index in [1.807, 2.05) is 13.8 Å². The summed E-state index contributed by atoms with van der Waals surface area (Å²) in [4.78, 5) is 19.9. The second-order valence-corrected chi connectivity index (χ2v) is 4.06. The lowest BCUT2D eigenvalue weighted by Gasteiger charge is -2.11. The summed E-state index contributed by atoms with van der Waals surface area (Å²) in [6.07, 6.45) is 0. The third-order valence-corrected chi connectivity index (χ3v) is 2.24. The van der Waals surface area contributed by atoms with Gasteiger partial charge in [0.15, 0.2) is 0 Å². The summed E-state index contributed by atoms with van der Waals surface area (Å²) >= 11 is 0. The predicted octanol–water partition coefficient (Wildman–Crippen LogP) is 1.62. The SMILES string of the molecule is CCOC(=O)CNc1cc(NC)nc(C(C)C)n1. The van der Waals surface area contributed by atoms with Gasteiger partial charge >= 0.3 is 5.97 Å². The molecular formula is C12H20N4O2. The fourth-order valence-electron chi connectivity index (χ4n) is 1.32. The zero-order chi connectivity index (χ0) is 13.5. The largest absolute Gasteiger partial charge is 0.465 e. The highest BCUT2D eigenvalue weighted by Gasteiger charge is 2.08. The van der Waals surface area contributed by atoms with Gasteiger partial charge in [-0.1, -0.05) is 13.8 Å². The molecule has 0 aromatic carbocycles. The molecule has 0 saturated heterocycles. The fraction of sp³-hybridized carbons (Fsp3) is 0.583. The lowest BCUT2D eigenvalue weighted by molar-refractivity contribution is -0.140. The molecule has 0 radical (unpaired) electrons. The summed E-state index contributed by atoms with van der Waals surface area (Å²) < 4.78 is 4.84. The van der Waals surface area contributed by atoms with E-state index in [1.54, 1.807) is 20.0 Å².